The first-order chi connectivity index (χ1) is 7.28. The zero-order chi connectivity index (χ0) is 10.7. The molecule has 1 saturated carbocycles. The highest BCUT2D eigenvalue weighted by Gasteiger charge is 2.41. The topological polar surface area (TPSA) is 21.3 Å². The second kappa shape index (κ2) is 4.23. The van der Waals surface area contributed by atoms with E-state index in [-0.39, 0.29) is 0 Å². The van der Waals surface area contributed by atoms with Gasteiger partial charge in [0, 0.05) is 6.54 Å². The summed E-state index contributed by atoms with van der Waals surface area (Å²) in [7, 11) is 3.74. The Morgan fingerprint density at radius 1 is 1.27 bits per heavy atom. The van der Waals surface area contributed by atoms with E-state index >= 15 is 0 Å². The van der Waals surface area contributed by atoms with Crippen molar-refractivity contribution in [3.63, 3.8) is 0 Å². The van der Waals surface area contributed by atoms with Crippen LogP contribution in [0.2, 0.25) is 0 Å². The van der Waals surface area contributed by atoms with Crippen LogP contribution in [0.15, 0.2) is 24.3 Å². The van der Waals surface area contributed by atoms with Crippen molar-refractivity contribution >= 4 is 0 Å². The van der Waals surface area contributed by atoms with E-state index in [2.05, 4.69) is 17.4 Å². The van der Waals surface area contributed by atoms with Gasteiger partial charge in [0.25, 0.3) is 0 Å². The fourth-order valence-electron chi connectivity index (χ4n) is 2.14. The quantitative estimate of drug-likeness (QED) is 0.796. The number of hydrogen-bond acceptors (Lipinski definition) is 2. The van der Waals surface area contributed by atoms with Crippen LogP contribution in [-0.4, -0.2) is 20.7 Å². The van der Waals surface area contributed by atoms with Crippen molar-refractivity contribution in [1.82, 2.24) is 5.32 Å². The third kappa shape index (κ3) is 2.51. The van der Waals surface area contributed by atoms with E-state index < -0.39 is 0 Å². The van der Waals surface area contributed by atoms with E-state index in [0.29, 0.717) is 5.41 Å². The lowest BCUT2D eigenvalue weighted by Gasteiger charge is -2.14. The Morgan fingerprint density at radius 3 is 2.40 bits per heavy atom. The summed E-state index contributed by atoms with van der Waals surface area (Å²) in [6.07, 6.45) is 3.91. The molecule has 0 unspecified atom stereocenters. The molecule has 2 rings (SSSR count). The lowest BCUT2D eigenvalue weighted by atomic mass is 9.96. The Bertz CT molecular complexity index is 314. The average Bonchev–Trinajstić information content (AvgIpc) is 3.00. The van der Waals surface area contributed by atoms with Gasteiger partial charge in [-0.25, -0.2) is 0 Å². The Labute approximate surface area is 91.6 Å². The monoisotopic (exact) mass is 205 g/mol. The molecular weight excluding hydrogens is 186 g/mol. The third-order valence-corrected chi connectivity index (χ3v) is 3.25. The zero-order valence-corrected chi connectivity index (χ0v) is 9.55. The van der Waals surface area contributed by atoms with Crippen LogP contribution in [0, 0.1) is 5.41 Å². The number of benzene rings is 1. The first kappa shape index (κ1) is 10.5. The van der Waals surface area contributed by atoms with E-state index in [4.69, 9.17) is 4.74 Å². The van der Waals surface area contributed by atoms with Crippen molar-refractivity contribution in [3.8, 4) is 5.75 Å². The lowest BCUT2D eigenvalue weighted by Crippen LogP contribution is -2.21. The first-order valence-corrected chi connectivity index (χ1v) is 5.56. The van der Waals surface area contributed by atoms with Crippen LogP contribution >= 0.6 is 0 Å². The highest BCUT2D eigenvalue weighted by molar-refractivity contribution is 5.28. The van der Waals surface area contributed by atoms with Gasteiger partial charge in [-0.05, 0) is 49.4 Å². The maximum Gasteiger partial charge on any atom is 0.118 e. The van der Waals surface area contributed by atoms with Gasteiger partial charge in [-0.3, -0.25) is 0 Å². The summed E-state index contributed by atoms with van der Waals surface area (Å²) in [5.74, 6) is 0.942. The molecule has 0 spiro atoms. The maximum absolute atomic E-state index is 5.15. The average molecular weight is 205 g/mol. The van der Waals surface area contributed by atoms with Gasteiger partial charge in [0.15, 0.2) is 0 Å². The molecule has 1 fully saturated rings. The fourth-order valence-corrected chi connectivity index (χ4v) is 2.14. The number of rotatable bonds is 5. The van der Waals surface area contributed by atoms with E-state index in [0.717, 1.165) is 12.3 Å². The van der Waals surface area contributed by atoms with Crippen LogP contribution in [0.1, 0.15) is 18.4 Å². The standard InChI is InChI=1S/C13H19NO/c1-14-10-13(7-8-13)9-11-3-5-12(15-2)6-4-11/h3-6,14H,7-10H2,1-2H3. The molecule has 1 aromatic rings. The molecule has 1 N–H and O–H groups in total. The molecule has 1 aromatic carbocycles. The van der Waals surface area contributed by atoms with Crippen molar-refractivity contribution in [1.29, 1.82) is 0 Å². The molecule has 2 nitrogen and oxygen atoms in total. The molecule has 1 aliphatic carbocycles. The van der Waals surface area contributed by atoms with Crippen molar-refractivity contribution in [2.24, 2.45) is 5.41 Å². The molecule has 0 atom stereocenters. The molecule has 2 heteroatoms. The summed E-state index contributed by atoms with van der Waals surface area (Å²) < 4.78 is 5.15. The highest BCUT2D eigenvalue weighted by atomic mass is 16.5. The zero-order valence-electron chi connectivity index (χ0n) is 9.55. The highest BCUT2D eigenvalue weighted by Crippen LogP contribution is 2.47. The van der Waals surface area contributed by atoms with Gasteiger partial charge in [-0.15, -0.1) is 0 Å². The van der Waals surface area contributed by atoms with E-state index in [1.165, 1.54) is 24.8 Å². The van der Waals surface area contributed by atoms with Gasteiger partial charge in [-0.1, -0.05) is 12.1 Å². The normalized spacial score (nSPS) is 17.5. The summed E-state index contributed by atoms with van der Waals surface area (Å²) in [6.45, 7) is 1.14. The van der Waals surface area contributed by atoms with Crippen LogP contribution in [-0.2, 0) is 6.42 Å². The molecule has 0 saturated heterocycles. The molecular formula is C13H19NO. The Hall–Kier alpha value is -1.02. The molecule has 0 radical (unpaired) electrons. The molecule has 0 amide bonds. The summed E-state index contributed by atoms with van der Waals surface area (Å²) in [5, 5.41) is 3.29. The Balaban J connectivity index is 1.98. The van der Waals surface area contributed by atoms with Crippen LogP contribution in [0.5, 0.6) is 5.75 Å². The van der Waals surface area contributed by atoms with Crippen molar-refractivity contribution < 1.29 is 4.74 Å². The van der Waals surface area contributed by atoms with Crippen molar-refractivity contribution in [2.75, 3.05) is 20.7 Å². The number of nitrogens with one attached hydrogen (secondary N) is 1. The Morgan fingerprint density at radius 2 is 1.93 bits per heavy atom. The van der Waals surface area contributed by atoms with E-state index in [1.54, 1.807) is 7.11 Å². The van der Waals surface area contributed by atoms with E-state index in [9.17, 15) is 0 Å². The molecule has 0 aliphatic heterocycles. The minimum atomic E-state index is 0.545. The predicted octanol–water partition coefficient (Wildman–Crippen LogP) is 2.24. The summed E-state index contributed by atoms with van der Waals surface area (Å²) >= 11 is 0. The molecule has 0 heterocycles. The van der Waals surface area contributed by atoms with Crippen LogP contribution in [0.25, 0.3) is 0 Å². The molecule has 1 aliphatic rings. The molecule has 15 heavy (non-hydrogen) atoms. The first-order valence-electron chi connectivity index (χ1n) is 5.56. The number of methoxy groups -OCH3 is 1. The molecule has 0 bridgehead atoms. The minimum absolute atomic E-state index is 0.545. The smallest absolute Gasteiger partial charge is 0.118 e. The second-order valence-electron chi connectivity index (χ2n) is 4.56. The van der Waals surface area contributed by atoms with Crippen LogP contribution in [0.3, 0.4) is 0 Å². The predicted molar refractivity (Wildman–Crippen MR) is 62.3 cm³/mol. The molecule has 82 valence electrons. The SMILES string of the molecule is CNCC1(Cc2ccc(OC)cc2)CC1. The third-order valence-electron chi connectivity index (χ3n) is 3.25. The summed E-state index contributed by atoms with van der Waals surface area (Å²) in [5.41, 5.74) is 1.96. The van der Waals surface area contributed by atoms with Crippen LogP contribution in [0.4, 0.5) is 0 Å². The second-order valence-corrected chi connectivity index (χ2v) is 4.56. The van der Waals surface area contributed by atoms with Crippen molar-refractivity contribution in [3.05, 3.63) is 29.8 Å². The Kier molecular flexibility index (Phi) is 2.96. The van der Waals surface area contributed by atoms with Gasteiger partial charge in [0.2, 0.25) is 0 Å². The summed E-state index contributed by atoms with van der Waals surface area (Å²) in [6, 6.07) is 8.44. The van der Waals surface area contributed by atoms with Gasteiger partial charge in [-0.2, -0.15) is 0 Å². The van der Waals surface area contributed by atoms with E-state index in [1.807, 2.05) is 19.2 Å². The van der Waals surface area contributed by atoms with Crippen LogP contribution < -0.4 is 10.1 Å². The van der Waals surface area contributed by atoms with Crippen molar-refractivity contribution in [2.45, 2.75) is 19.3 Å². The number of ether oxygens (including phenoxy) is 1. The van der Waals surface area contributed by atoms with Gasteiger partial charge in [0.1, 0.15) is 5.75 Å². The van der Waals surface area contributed by atoms with Gasteiger partial charge in [0.05, 0.1) is 7.11 Å². The number of hydrogen-bond donors (Lipinski definition) is 1. The molecule has 0 aromatic heterocycles. The maximum atomic E-state index is 5.15. The van der Waals surface area contributed by atoms with Gasteiger partial charge >= 0.3 is 0 Å². The van der Waals surface area contributed by atoms with Gasteiger partial charge < -0.3 is 10.1 Å². The minimum Gasteiger partial charge on any atom is -0.497 e. The summed E-state index contributed by atoms with van der Waals surface area (Å²) in [4.78, 5) is 0. The fraction of sp³-hybridized carbons (Fsp3) is 0.538. The lowest BCUT2D eigenvalue weighted by molar-refractivity contribution is 0.414. The largest absolute Gasteiger partial charge is 0.497 e.